The minimum atomic E-state index is -3.34. The highest BCUT2D eigenvalue weighted by Crippen LogP contribution is 2.54. The Hall–Kier alpha value is -4.91. The van der Waals surface area contributed by atoms with Gasteiger partial charge in [0.05, 0.1) is 11.0 Å². The van der Waals surface area contributed by atoms with E-state index in [-0.39, 0.29) is 5.41 Å². The highest BCUT2D eigenvalue weighted by Gasteiger charge is 2.45. The Kier molecular flexibility index (Phi) is 5.26. The fourth-order valence-corrected chi connectivity index (χ4v) is 11.4. The van der Waals surface area contributed by atoms with Crippen LogP contribution in [-0.2, 0) is 9.98 Å². The first kappa shape index (κ1) is 25.6. The lowest BCUT2D eigenvalue weighted by Crippen LogP contribution is -2.42. The molecule has 0 spiro atoms. The van der Waals surface area contributed by atoms with E-state index in [2.05, 4.69) is 158 Å². The summed E-state index contributed by atoms with van der Waals surface area (Å²) in [4.78, 5) is 0. The van der Waals surface area contributed by atoms with Crippen molar-refractivity contribution in [3.63, 3.8) is 0 Å². The quantitative estimate of drug-likeness (QED) is 0.147. The van der Waals surface area contributed by atoms with Gasteiger partial charge in [0, 0.05) is 37.8 Å². The second-order valence-corrected chi connectivity index (χ2v) is 15.1. The summed E-state index contributed by atoms with van der Waals surface area (Å²) in [6.45, 7) is 4.54. The maximum Gasteiger partial charge on any atom is 0.172 e. The predicted octanol–water partition coefficient (Wildman–Crippen LogP) is 9.37. The van der Waals surface area contributed by atoms with Crippen LogP contribution in [0.2, 0.25) is 0 Å². The van der Waals surface area contributed by atoms with Gasteiger partial charge in [0.15, 0.2) is 7.14 Å². The average molecular weight is 584 g/mol. The standard InChI is InChI=1S/C41H30NOP/c1-41(2)34-19-9-12-22-38(34)44(43,39-25-27-13-3-4-14-29(27)30-15-5-6-18-33(30)39)40-26-28(23-24-35(40)41)42-36-20-10-7-16-31(36)32-17-8-11-21-37(32)42/h3-26H,1-2H3. The third-order valence-corrected chi connectivity index (χ3v) is 13.0. The molecule has 1 unspecified atom stereocenters. The van der Waals surface area contributed by atoms with Crippen LogP contribution >= 0.6 is 7.14 Å². The van der Waals surface area contributed by atoms with E-state index in [9.17, 15) is 0 Å². The molecule has 0 amide bonds. The molecule has 9 rings (SSSR count). The maximum atomic E-state index is 16.5. The third-order valence-electron chi connectivity index (χ3n) is 9.83. The van der Waals surface area contributed by atoms with Crippen LogP contribution in [0.4, 0.5) is 0 Å². The Morgan fingerprint density at radius 3 is 1.75 bits per heavy atom. The first-order chi connectivity index (χ1) is 21.5. The largest absolute Gasteiger partial charge is 0.309 e. The van der Waals surface area contributed by atoms with Crippen molar-refractivity contribution in [1.29, 1.82) is 0 Å². The molecule has 44 heavy (non-hydrogen) atoms. The number of fused-ring (bicyclic) bond motifs is 8. The molecule has 8 aromatic rings. The summed E-state index contributed by atoms with van der Waals surface area (Å²) >= 11 is 0. The van der Waals surface area contributed by atoms with Crippen LogP contribution in [0.5, 0.6) is 0 Å². The molecule has 1 aromatic heterocycles. The highest BCUT2D eigenvalue weighted by molar-refractivity contribution is 7.86. The summed E-state index contributed by atoms with van der Waals surface area (Å²) in [5.41, 5.74) is 5.28. The van der Waals surface area contributed by atoms with Crippen molar-refractivity contribution in [3.05, 3.63) is 157 Å². The Morgan fingerprint density at radius 1 is 0.477 bits per heavy atom. The van der Waals surface area contributed by atoms with Crippen molar-refractivity contribution < 1.29 is 4.57 Å². The van der Waals surface area contributed by atoms with E-state index in [0.717, 1.165) is 59.9 Å². The Morgan fingerprint density at radius 2 is 1.02 bits per heavy atom. The molecule has 0 radical (unpaired) electrons. The summed E-state index contributed by atoms with van der Waals surface area (Å²) < 4.78 is 18.8. The van der Waals surface area contributed by atoms with Gasteiger partial charge in [-0.2, -0.15) is 0 Å². The van der Waals surface area contributed by atoms with Crippen LogP contribution in [0, 0.1) is 0 Å². The molecule has 0 aliphatic carbocycles. The Balaban J connectivity index is 1.43. The van der Waals surface area contributed by atoms with E-state index in [0.29, 0.717) is 0 Å². The fourth-order valence-electron chi connectivity index (χ4n) is 7.76. The normalized spacial score (nSPS) is 17.2. The van der Waals surface area contributed by atoms with Crippen LogP contribution in [0.1, 0.15) is 25.0 Å². The van der Waals surface area contributed by atoms with Gasteiger partial charge in [0.25, 0.3) is 0 Å². The Labute approximate surface area is 256 Å². The molecule has 0 bridgehead atoms. The van der Waals surface area contributed by atoms with E-state index < -0.39 is 7.14 Å². The minimum Gasteiger partial charge on any atom is -0.309 e. The number of benzene rings is 7. The molecule has 0 saturated carbocycles. The van der Waals surface area contributed by atoms with Crippen LogP contribution < -0.4 is 15.9 Å². The van der Waals surface area contributed by atoms with Crippen molar-refractivity contribution in [2.24, 2.45) is 0 Å². The van der Waals surface area contributed by atoms with Gasteiger partial charge in [0.1, 0.15) is 0 Å². The van der Waals surface area contributed by atoms with Crippen LogP contribution in [0.3, 0.4) is 0 Å². The lowest BCUT2D eigenvalue weighted by Gasteiger charge is -2.40. The summed E-state index contributed by atoms with van der Waals surface area (Å²) in [6.07, 6.45) is 0. The van der Waals surface area contributed by atoms with Gasteiger partial charge in [-0.3, -0.25) is 0 Å². The number of hydrogen-bond acceptors (Lipinski definition) is 1. The van der Waals surface area contributed by atoms with E-state index in [1.54, 1.807) is 0 Å². The topological polar surface area (TPSA) is 22.0 Å². The van der Waals surface area contributed by atoms with Gasteiger partial charge in [0.2, 0.25) is 0 Å². The number of rotatable bonds is 2. The SMILES string of the molecule is CC1(C)c2ccccc2P(=O)(c2cc3ccccc3c3ccccc23)c2cc(-n3c4ccccc4c4ccccc43)ccc21. The Bertz CT molecular complexity index is 2460. The van der Waals surface area contributed by atoms with Crippen molar-refractivity contribution in [2.75, 3.05) is 0 Å². The van der Waals surface area contributed by atoms with Crippen LogP contribution in [0.15, 0.2) is 146 Å². The summed E-state index contributed by atoms with van der Waals surface area (Å²) in [5, 5.41) is 9.71. The zero-order chi connectivity index (χ0) is 29.6. The van der Waals surface area contributed by atoms with Gasteiger partial charge in [-0.1, -0.05) is 129 Å². The second-order valence-electron chi connectivity index (χ2n) is 12.5. The smallest absolute Gasteiger partial charge is 0.172 e. The van der Waals surface area contributed by atoms with Gasteiger partial charge in [-0.15, -0.1) is 0 Å². The molecule has 3 heteroatoms. The summed E-state index contributed by atoms with van der Waals surface area (Å²) in [5.74, 6) is 0. The number of nitrogens with zero attached hydrogens (tertiary/aromatic N) is 1. The molecule has 1 aliphatic heterocycles. The van der Waals surface area contributed by atoms with Crippen LogP contribution in [-0.4, -0.2) is 4.57 Å². The van der Waals surface area contributed by atoms with E-state index in [4.69, 9.17) is 0 Å². The van der Waals surface area contributed by atoms with Gasteiger partial charge in [-0.25, -0.2) is 0 Å². The van der Waals surface area contributed by atoms with Crippen LogP contribution in [0.25, 0.3) is 49.0 Å². The number of hydrogen-bond donors (Lipinski definition) is 0. The van der Waals surface area contributed by atoms with Crippen molar-refractivity contribution in [2.45, 2.75) is 19.3 Å². The molecular formula is C41H30NOP. The maximum absolute atomic E-state index is 16.5. The highest BCUT2D eigenvalue weighted by atomic mass is 31.2. The predicted molar refractivity (Wildman–Crippen MR) is 187 cm³/mol. The van der Waals surface area contributed by atoms with Crippen molar-refractivity contribution >= 4 is 66.4 Å². The second kappa shape index (κ2) is 9.05. The van der Waals surface area contributed by atoms with E-state index in [1.807, 2.05) is 6.07 Å². The van der Waals surface area contributed by atoms with E-state index >= 15 is 4.57 Å². The molecule has 2 heterocycles. The molecule has 210 valence electrons. The number of aromatic nitrogens is 1. The van der Waals surface area contributed by atoms with Gasteiger partial charge >= 0.3 is 0 Å². The summed E-state index contributed by atoms with van der Waals surface area (Å²) in [7, 11) is -3.34. The molecule has 2 nitrogen and oxygen atoms in total. The van der Waals surface area contributed by atoms with E-state index in [1.165, 1.54) is 16.2 Å². The molecular weight excluding hydrogens is 553 g/mol. The molecule has 1 atom stereocenters. The molecule has 0 fully saturated rings. The number of para-hydroxylation sites is 2. The first-order valence-electron chi connectivity index (χ1n) is 15.2. The lowest BCUT2D eigenvalue weighted by molar-refractivity contribution is 0.586. The van der Waals surface area contributed by atoms with Gasteiger partial charge in [-0.05, 0) is 63.0 Å². The zero-order valence-electron chi connectivity index (χ0n) is 24.7. The molecule has 1 aliphatic rings. The molecule has 7 aromatic carbocycles. The fraction of sp³-hybridized carbons (Fsp3) is 0.0732. The molecule has 0 saturated heterocycles. The van der Waals surface area contributed by atoms with Gasteiger partial charge < -0.3 is 9.13 Å². The third kappa shape index (κ3) is 3.29. The summed E-state index contributed by atoms with van der Waals surface area (Å²) in [6, 6.07) is 51.4. The molecule has 0 N–H and O–H groups in total. The zero-order valence-corrected chi connectivity index (χ0v) is 25.6. The first-order valence-corrected chi connectivity index (χ1v) is 16.9. The lowest BCUT2D eigenvalue weighted by atomic mass is 9.77. The van der Waals surface area contributed by atoms with Crippen molar-refractivity contribution in [3.8, 4) is 5.69 Å². The minimum absolute atomic E-state index is 0.314. The van der Waals surface area contributed by atoms with Crippen molar-refractivity contribution in [1.82, 2.24) is 4.57 Å². The average Bonchev–Trinajstić information content (AvgIpc) is 3.41. The monoisotopic (exact) mass is 583 g/mol.